The first-order valence-electron chi connectivity index (χ1n) is 7.46. The quantitative estimate of drug-likeness (QED) is 0.892. The molecule has 0 bridgehead atoms. The number of hydrogen-bond donors (Lipinski definition) is 2. The molecule has 0 fully saturated rings. The summed E-state index contributed by atoms with van der Waals surface area (Å²) in [5.74, 6) is 0. The van der Waals surface area contributed by atoms with Gasteiger partial charge < -0.3 is 10.1 Å². The van der Waals surface area contributed by atoms with Gasteiger partial charge in [0.15, 0.2) is 0 Å². The van der Waals surface area contributed by atoms with Crippen LogP contribution in [0.1, 0.15) is 39.4 Å². The van der Waals surface area contributed by atoms with Gasteiger partial charge in [0.05, 0.1) is 17.9 Å². The van der Waals surface area contributed by atoms with E-state index in [1.165, 1.54) is 0 Å². The van der Waals surface area contributed by atoms with Crippen molar-refractivity contribution in [1.29, 1.82) is 0 Å². The standard InChI is InChI=1S/C17H22N4O2/c1-12(15-11-18-9-10-19-15)20-13-5-7-14(8-6-13)21-16(22)23-17(2,3)4/h5-12,20H,1-4H3,(H,21,22). The molecule has 2 aromatic rings. The Balaban J connectivity index is 1.93. The topological polar surface area (TPSA) is 76.1 Å². The molecule has 0 saturated heterocycles. The maximum absolute atomic E-state index is 11.7. The Labute approximate surface area is 136 Å². The molecule has 122 valence electrons. The van der Waals surface area contributed by atoms with Gasteiger partial charge in [0, 0.05) is 23.8 Å². The maximum Gasteiger partial charge on any atom is 0.412 e. The van der Waals surface area contributed by atoms with Crippen molar-refractivity contribution in [2.24, 2.45) is 0 Å². The van der Waals surface area contributed by atoms with E-state index in [2.05, 4.69) is 20.6 Å². The van der Waals surface area contributed by atoms with Crippen molar-refractivity contribution < 1.29 is 9.53 Å². The van der Waals surface area contributed by atoms with Gasteiger partial charge in [-0.2, -0.15) is 0 Å². The predicted molar refractivity (Wildman–Crippen MR) is 90.4 cm³/mol. The summed E-state index contributed by atoms with van der Waals surface area (Å²) in [6.45, 7) is 7.49. The van der Waals surface area contributed by atoms with Gasteiger partial charge in [0.25, 0.3) is 0 Å². The third-order valence-corrected chi connectivity index (χ3v) is 2.94. The van der Waals surface area contributed by atoms with Crippen LogP contribution in [0.5, 0.6) is 0 Å². The lowest BCUT2D eigenvalue weighted by molar-refractivity contribution is 0.0636. The molecule has 0 saturated carbocycles. The zero-order chi connectivity index (χ0) is 16.9. The van der Waals surface area contributed by atoms with Crippen LogP contribution in [0.25, 0.3) is 0 Å². The lowest BCUT2D eigenvalue weighted by atomic mass is 10.2. The number of hydrogen-bond acceptors (Lipinski definition) is 5. The fourth-order valence-corrected chi connectivity index (χ4v) is 1.93. The lowest BCUT2D eigenvalue weighted by Gasteiger charge is -2.20. The first-order chi connectivity index (χ1) is 10.8. The molecule has 0 aliphatic carbocycles. The van der Waals surface area contributed by atoms with Crippen LogP contribution < -0.4 is 10.6 Å². The van der Waals surface area contributed by atoms with Gasteiger partial charge in [0.2, 0.25) is 0 Å². The van der Waals surface area contributed by atoms with E-state index in [9.17, 15) is 4.79 Å². The molecule has 1 aromatic carbocycles. The first-order valence-corrected chi connectivity index (χ1v) is 7.46. The number of carbonyl (C=O) groups is 1. The molecule has 23 heavy (non-hydrogen) atoms. The van der Waals surface area contributed by atoms with Crippen molar-refractivity contribution in [3.8, 4) is 0 Å². The number of nitrogens with one attached hydrogen (secondary N) is 2. The van der Waals surface area contributed by atoms with E-state index in [0.717, 1.165) is 11.4 Å². The van der Waals surface area contributed by atoms with Crippen molar-refractivity contribution >= 4 is 17.5 Å². The number of carbonyl (C=O) groups excluding carboxylic acids is 1. The monoisotopic (exact) mass is 314 g/mol. The summed E-state index contributed by atoms with van der Waals surface area (Å²) in [5.41, 5.74) is 1.95. The number of rotatable bonds is 4. The van der Waals surface area contributed by atoms with Crippen LogP contribution in [0.2, 0.25) is 0 Å². The molecule has 1 atom stereocenters. The van der Waals surface area contributed by atoms with Crippen molar-refractivity contribution in [2.45, 2.75) is 39.3 Å². The van der Waals surface area contributed by atoms with E-state index in [4.69, 9.17) is 4.74 Å². The second-order valence-electron chi connectivity index (χ2n) is 6.20. The molecule has 2 N–H and O–H groups in total. The van der Waals surface area contributed by atoms with Crippen LogP contribution in [0, 0.1) is 0 Å². The van der Waals surface area contributed by atoms with Crippen LogP contribution in [0.15, 0.2) is 42.9 Å². The van der Waals surface area contributed by atoms with E-state index in [1.807, 2.05) is 52.0 Å². The number of nitrogens with zero attached hydrogens (tertiary/aromatic N) is 2. The number of benzene rings is 1. The van der Waals surface area contributed by atoms with Gasteiger partial charge in [-0.25, -0.2) is 4.79 Å². The lowest BCUT2D eigenvalue weighted by Crippen LogP contribution is -2.27. The zero-order valence-electron chi connectivity index (χ0n) is 13.8. The zero-order valence-corrected chi connectivity index (χ0v) is 13.8. The minimum atomic E-state index is -0.516. The molecule has 0 radical (unpaired) electrons. The Hall–Kier alpha value is -2.63. The fraction of sp³-hybridized carbons (Fsp3) is 0.353. The Morgan fingerprint density at radius 1 is 1.13 bits per heavy atom. The Kier molecular flexibility index (Phi) is 5.16. The molecule has 0 aliphatic rings. The van der Waals surface area contributed by atoms with Gasteiger partial charge >= 0.3 is 6.09 Å². The second-order valence-corrected chi connectivity index (χ2v) is 6.20. The van der Waals surface area contributed by atoms with Gasteiger partial charge in [-0.05, 0) is 52.0 Å². The molecule has 1 unspecified atom stereocenters. The average Bonchev–Trinajstić information content (AvgIpc) is 2.48. The summed E-state index contributed by atoms with van der Waals surface area (Å²) >= 11 is 0. The van der Waals surface area contributed by atoms with E-state index in [0.29, 0.717) is 5.69 Å². The SMILES string of the molecule is CC(Nc1ccc(NC(=O)OC(C)(C)C)cc1)c1cnccn1. The molecule has 1 heterocycles. The average molecular weight is 314 g/mol. The second kappa shape index (κ2) is 7.09. The number of amides is 1. The molecule has 6 heteroatoms. The van der Waals surface area contributed by atoms with Crippen LogP contribution in [0.4, 0.5) is 16.2 Å². The number of anilines is 2. The van der Waals surface area contributed by atoms with Gasteiger partial charge in [-0.15, -0.1) is 0 Å². The molecule has 2 rings (SSSR count). The highest BCUT2D eigenvalue weighted by Gasteiger charge is 2.16. The van der Waals surface area contributed by atoms with Gasteiger partial charge in [-0.1, -0.05) is 0 Å². The molecule has 1 amide bonds. The van der Waals surface area contributed by atoms with Gasteiger partial charge in [0.1, 0.15) is 5.60 Å². The van der Waals surface area contributed by atoms with E-state index < -0.39 is 11.7 Å². The summed E-state index contributed by atoms with van der Waals surface area (Å²) in [6, 6.07) is 7.44. The third kappa shape index (κ3) is 5.58. The number of ether oxygens (including phenoxy) is 1. The van der Waals surface area contributed by atoms with Crippen molar-refractivity contribution in [3.05, 3.63) is 48.5 Å². The third-order valence-electron chi connectivity index (χ3n) is 2.94. The summed E-state index contributed by atoms with van der Waals surface area (Å²) < 4.78 is 5.21. The van der Waals surface area contributed by atoms with Crippen molar-refractivity contribution in [2.75, 3.05) is 10.6 Å². The first kappa shape index (κ1) is 16.7. The Morgan fingerprint density at radius 2 is 1.78 bits per heavy atom. The van der Waals surface area contributed by atoms with Crippen LogP contribution >= 0.6 is 0 Å². The minimum Gasteiger partial charge on any atom is -0.444 e. The molecule has 0 aliphatic heterocycles. The minimum absolute atomic E-state index is 0.0355. The Morgan fingerprint density at radius 3 is 2.35 bits per heavy atom. The summed E-state index contributed by atoms with van der Waals surface area (Å²) in [7, 11) is 0. The van der Waals surface area contributed by atoms with E-state index >= 15 is 0 Å². The molecular formula is C17H22N4O2. The molecule has 1 aromatic heterocycles. The fourth-order valence-electron chi connectivity index (χ4n) is 1.93. The van der Waals surface area contributed by atoms with Gasteiger partial charge in [-0.3, -0.25) is 15.3 Å². The molecule has 6 nitrogen and oxygen atoms in total. The highest BCUT2D eigenvalue weighted by Crippen LogP contribution is 2.19. The highest BCUT2D eigenvalue weighted by atomic mass is 16.6. The highest BCUT2D eigenvalue weighted by molar-refractivity contribution is 5.85. The largest absolute Gasteiger partial charge is 0.444 e. The molecular weight excluding hydrogens is 292 g/mol. The molecule has 0 spiro atoms. The van der Waals surface area contributed by atoms with Crippen molar-refractivity contribution in [1.82, 2.24) is 9.97 Å². The summed E-state index contributed by atoms with van der Waals surface area (Å²) in [5, 5.41) is 6.03. The normalized spacial score (nSPS) is 12.3. The predicted octanol–water partition coefficient (Wildman–Crippen LogP) is 4.00. The summed E-state index contributed by atoms with van der Waals surface area (Å²) in [4.78, 5) is 20.0. The van der Waals surface area contributed by atoms with Crippen LogP contribution in [0.3, 0.4) is 0 Å². The smallest absolute Gasteiger partial charge is 0.412 e. The van der Waals surface area contributed by atoms with E-state index in [-0.39, 0.29) is 6.04 Å². The van der Waals surface area contributed by atoms with Crippen LogP contribution in [-0.4, -0.2) is 21.7 Å². The number of aromatic nitrogens is 2. The Bertz CT molecular complexity index is 636. The summed E-state index contributed by atoms with van der Waals surface area (Å²) in [6.07, 6.45) is 4.58. The van der Waals surface area contributed by atoms with Crippen LogP contribution in [-0.2, 0) is 4.74 Å². The van der Waals surface area contributed by atoms with E-state index in [1.54, 1.807) is 18.6 Å². The van der Waals surface area contributed by atoms with Crippen molar-refractivity contribution in [3.63, 3.8) is 0 Å². The maximum atomic E-state index is 11.7.